The summed E-state index contributed by atoms with van der Waals surface area (Å²) >= 11 is 0. The van der Waals surface area contributed by atoms with Crippen LogP contribution in [0.3, 0.4) is 0 Å². The van der Waals surface area contributed by atoms with E-state index in [1.807, 2.05) is 37.4 Å². The van der Waals surface area contributed by atoms with E-state index in [1.54, 1.807) is 0 Å². The molecule has 18 heavy (non-hydrogen) atoms. The lowest BCUT2D eigenvalue weighted by Gasteiger charge is -2.17. The first kappa shape index (κ1) is 12.4. The van der Waals surface area contributed by atoms with Crippen LogP contribution in [-0.2, 0) is 0 Å². The van der Waals surface area contributed by atoms with E-state index in [2.05, 4.69) is 28.9 Å². The summed E-state index contributed by atoms with van der Waals surface area (Å²) in [6, 6.07) is 7.78. The molecule has 0 N–H and O–H groups in total. The van der Waals surface area contributed by atoms with E-state index in [9.17, 15) is 0 Å². The molecule has 92 valence electrons. The van der Waals surface area contributed by atoms with Crippen molar-refractivity contribution in [3.63, 3.8) is 0 Å². The van der Waals surface area contributed by atoms with E-state index in [1.165, 1.54) is 0 Å². The number of aromatic nitrogens is 1. The van der Waals surface area contributed by atoms with E-state index in [-0.39, 0.29) is 6.04 Å². The average molecular weight is 240 g/mol. The van der Waals surface area contributed by atoms with Crippen LogP contribution < -0.4 is 0 Å². The summed E-state index contributed by atoms with van der Waals surface area (Å²) in [5.41, 5.74) is 11.8. The van der Waals surface area contributed by atoms with Crippen molar-refractivity contribution in [3.8, 4) is 0 Å². The van der Waals surface area contributed by atoms with E-state index >= 15 is 0 Å². The molecular weight excluding hydrogens is 224 g/mol. The molecule has 0 aliphatic rings. The molecule has 2 rings (SSSR count). The number of hydrogen-bond acceptors (Lipinski definition) is 2. The monoisotopic (exact) mass is 240 g/mol. The Morgan fingerprint density at radius 2 is 1.94 bits per heavy atom. The first-order valence-corrected chi connectivity index (χ1v) is 6.07. The minimum absolute atomic E-state index is 0.180. The van der Waals surface area contributed by atoms with Gasteiger partial charge in [0.05, 0.1) is 11.6 Å². The fourth-order valence-corrected chi connectivity index (χ4v) is 2.24. The summed E-state index contributed by atoms with van der Waals surface area (Å²) < 4.78 is 0. The maximum Gasteiger partial charge on any atom is 0.0705 e. The molecule has 4 nitrogen and oxygen atoms in total. The van der Waals surface area contributed by atoms with Gasteiger partial charge in [-0.15, -0.1) is 0 Å². The highest BCUT2D eigenvalue weighted by Gasteiger charge is 2.15. The summed E-state index contributed by atoms with van der Waals surface area (Å²) in [6.07, 6.45) is 1.89. The second-order valence-corrected chi connectivity index (χ2v) is 4.68. The number of fused-ring (bicyclic) bond motifs is 1. The van der Waals surface area contributed by atoms with Crippen molar-refractivity contribution < 1.29 is 0 Å². The Morgan fingerprint density at radius 3 is 2.61 bits per heavy atom. The summed E-state index contributed by atoms with van der Waals surface area (Å²) in [5.74, 6) is 0.355. The molecule has 4 heteroatoms. The Labute approximate surface area is 106 Å². The van der Waals surface area contributed by atoms with Crippen molar-refractivity contribution in [2.45, 2.75) is 32.7 Å². The lowest BCUT2D eigenvalue weighted by Crippen LogP contribution is -2.01. The van der Waals surface area contributed by atoms with Gasteiger partial charge in [0.15, 0.2) is 0 Å². The quantitative estimate of drug-likeness (QED) is 0.434. The molecule has 1 unspecified atom stereocenters. The second kappa shape index (κ2) is 5.07. The van der Waals surface area contributed by atoms with Gasteiger partial charge in [0, 0.05) is 16.5 Å². The second-order valence-electron chi connectivity index (χ2n) is 4.68. The van der Waals surface area contributed by atoms with Gasteiger partial charge in [-0.1, -0.05) is 44.1 Å². The first-order chi connectivity index (χ1) is 8.65. The molecule has 1 heterocycles. The lowest BCUT2D eigenvalue weighted by atomic mass is 9.92. The first-order valence-electron chi connectivity index (χ1n) is 6.07. The minimum atomic E-state index is -0.180. The Hall–Kier alpha value is -2.06. The van der Waals surface area contributed by atoms with Crippen molar-refractivity contribution in [1.82, 2.24) is 4.98 Å². The van der Waals surface area contributed by atoms with Crippen LogP contribution in [0.4, 0.5) is 0 Å². The average Bonchev–Trinajstić information content (AvgIpc) is 2.37. The highest BCUT2D eigenvalue weighted by atomic mass is 15.1. The molecular formula is C14H16N4. The van der Waals surface area contributed by atoms with Crippen molar-refractivity contribution in [3.05, 3.63) is 52.0 Å². The smallest absolute Gasteiger partial charge is 0.0705 e. The maximum atomic E-state index is 8.64. The third-order valence-electron chi connectivity index (χ3n) is 3.11. The van der Waals surface area contributed by atoms with Gasteiger partial charge in [-0.05, 0) is 28.6 Å². The van der Waals surface area contributed by atoms with Crippen LogP contribution in [0.2, 0.25) is 0 Å². The van der Waals surface area contributed by atoms with Crippen LogP contribution in [-0.4, -0.2) is 4.98 Å². The molecule has 0 amide bonds. The van der Waals surface area contributed by atoms with E-state index < -0.39 is 0 Å². The molecule has 0 saturated carbocycles. The Kier molecular flexibility index (Phi) is 3.49. The Balaban J connectivity index is 2.78. The molecule has 0 aliphatic carbocycles. The largest absolute Gasteiger partial charge is 0.256 e. The Morgan fingerprint density at radius 1 is 1.22 bits per heavy atom. The van der Waals surface area contributed by atoms with E-state index in [4.69, 9.17) is 5.53 Å². The topological polar surface area (TPSA) is 61.7 Å². The van der Waals surface area contributed by atoms with Gasteiger partial charge in [-0.2, -0.15) is 0 Å². The minimum Gasteiger partial charge on any atom is -0.256 e. The number of para-hydroxylation sites is 1. The molecule has 0 aliphatic heterocycles. The summed E-state index contributed by atoms with van der Waals surface area (Å²) in [4.78, 5) is 7.39. The molecule has 1 atom stereocenters. The van der Waals surface area contributed by atoms with E-state index in [0.29, 0.717) is 5.92 Å². The zero-order valence-corrected chi connectivity index (χ0v) is 10.8. The molecule has 0 fully saturated rings. The summed E-state index contributed by atoms with van der Waals surface area (Å²) in [6.45, 7) is 6.17. The maximum absolute atomic E-state index is 8.64. The number of azide groups is 1. The molecule has 1 aromatic carbocycles. The predicted octanol–water partition coefficient (Wildman–Crippen LogP) is 4.73. The summed E-state index contributed by atoms with van der Waals surface area (Å²) in [7, 11) is 0. The molecule has 1 aromatic heterocycles. The van der Waals surface area contributed by atoms with Crippen LogP contribution >= 0.6 is 0 Å². The Bertz CT molecular complexity index is 612. The fraction of sp³-hybridized carbons (Fsp3) is 0.357. The third-order valence-corrected chi connectivity index (χ3v) is 3.11. The van der Waals surface area contributed by atoms with Crippen molar-refractivity contribution in [2.24, 2.45) is 5.11 Å². The zero-order chi connectivity index (χ0) is 13.1. The highest BCUT2D eigenvalue weighted by Crippen LogP contribution is 2.32. The molecule has 2 aromatic rings. The number of nitrogens with zero attached hydrogens (tertiary/aromatic N) is 4. The van der Waals surface area contributed by atoms with Gasteiger partial charge in [0.25, 0.3) is 0 Å². The molecule has 0 radical (unpaired) electrons. The van der Waals surface area contributed by atoms with Crippen LogP contribution in [0.5, 0.6) is 0 Å². The normalized spacial score (nSPS) is 12.4. The summed E-state index contributed by atoms with van der Waals surface area (Å²) in [5, 5.41) is 4.91. The van der Waals surface area contributed by atoms with Gasteiger partial charge in [-0.25, -0.2) is 0 Å². The van der Waals surface area contributed by atoms with Crippen LogP contribution in [0.1, 0.15) is 43.9 Å². The van der Waals surface area contributed by atoms with E-state index in [0.717, 1.165) is 22.0 Å². The third kappa shape index (κ3) is 2.15. The van der Waals surface area contributed by atoms with Crippen molar-refractivity contribution >= 4 is 10.9 Å². The fourth-order valence-electron chi connectivity index (χ4n) is 2.24. The lowest BCUT2D eigenvalue weighted by molar-refractivity contribution is 0.763. The van der Waals surface area contributed by atoms with Gasteiger partial charge in [0.2, 0.25) is 0 Å². The number of pyridine rings is 1. The molecule has 0 saturated heterocycles. The predicted molar refractivity (Wildman–Crippen MR) is 73.4 cm³/mol. The van der Waals surface area contributed by atoms with Crippen LogP contribution in [0, 0.1) is 0 Å². The number of benzene rings is 1. The van der Waals surface area contributed by atoms with Gasteiger partial charge >= 0.3 is 0 Å². The zero-order valence-electron chi connectivity index (χ0n) is 10.8. The molecule has 0 bridgehead atoms. The number of hydrogen-bond donors (Lipinski definition) is 0. The number of rotatable bonds is 3. The standard InChI is InChI=1S/C14H16N4/c1-9(2)12-8-16-13-7-5-4-6-11(13)14(12)10(3)17-18-15/h4-10H,1-3H3. The molecule has 0 spiro atoms. The van der Waals surface area contributed by atoms with Crippen molar-refractivity contribution in [1.29, 1.82) is 0 Å². The van der Waals surface area contributed by atoms with Gasteiger partial charge < -0.3 is 0 Å². The van der Waals surface area contributed by atoms with Crippen LogP contribution in [0.25, 0.3) is 21.3 Å². The van der Waals surface area contributed by atoms with Crippen molar-refractivity contribution in [2.75, 3.05) is 0 Å². The van der Waals surface area contributed by atoms with Gasteiger partial charge in [-0.3, -0.25) is 4.98 Å². The SMILES string of the molecule is CC(C)c1cnc2ccccc2c1C(C)N=[N+]=[N-]. The van der Waals surface area contributed by atoms with Crippen LogP contribution in [0.15, 0.2) is 35.6 Å². The van der Waals surface area contributed by atoms with Gasteiger partial charge in [0.1, 0.15) is 0 Å². The highest BCUT2D eigenvalue weighted by molar-refractivity contribution is 5.83.